The molecule has 0 radical (unpaired) electrons. The third-order valence-corrected chi connectivity index (χ3v) is 5.35. The van der Waals surface area contributed by atoms with Crippen molar-refractivity contribution in [1.82, 2.24) is 25.2 Å². The molecule has 0 unspecified atom stereocenters. The summed E-state index contributed by atoms with van der Waals surface area (Å²) in [5.74, 6) is -0.257. The molecule has 0 bridgehead atoms. The van der Waals surface area contributed by atoms with Gasteiger partial charge < -0.3 is 15.8 Å². The molecular weight excluding hydrogens is 433 g/mol. The minimum absolute atomic E-state index is 0.0323. The van der Waals surface area contributed by atoms with Crippen molar-refractivity contribution < 1.29 is 17.9 Å². The van der Waals surface area contributed by atoms with E-state index in [0.29, 0.717) is 41.2 Å². The predicted molar refractivity (Wildman–Crippen MR) is 120 cm³/mol. The van der Waals surface area contributed by atoms with Crippen LogP contribution in [0, 0.1) is 12.7 Å². The second-order valence-electron chi connectivity index (χ2n) is 7.78. The zero-order valence-electron chi connectivity index (χ0n) is 18.2. The second kappa shape index (κ2) is 10.1. The van der Waals surface area contributed by atoms with Crippen LogP contribution in [0.1, 0.15) is 17.8 Å². The number of rotatable bonds is 7. The van der Waals surface area contributed by atoms with Crippen LogP contribution in [0.25, 0.3) is 22.4 Å². The Balaban J connectivity index is 1.77. The molecule has 33 heavy (non-hydrogen) atoms. The molecule has 0 spiro atoms. The van der Waals surface area contributed by atoms with Crippen LogP contribution >= 0.6 is 0 Å². The fourth-order valence-electron chi connectivity index (χ4n) is 3.79. The smallest absolute Gasteiger partial charge is 0.280 e. The van der Waals surface area contributed by atoms with Gasteiger partial charge in [0.2, 0.25) is 11.8 Å². The third kappa shape index (κ3) is 5.58. The van der Waals surface area contributed by atoms with Gasteiger partial charge in [-0.15, -0.1) is 0 Å². The molecule has 174 valence electrons. The summed E-state index contributed by atoms with van der Waals surface area (Å²) in [6, 6.07) is 8.65. The molecule has 3 N–H and O–H groups in total. The van der Waals surface area contributed by atoms with E-state index in [1.807, 2.05) is 0 Å². The summed E-state index contributed by atoms with van der Waals surface area (Å²) in [4.78, 5) is 14.8. The van der Waals surface area contributed by atoms with Gasteiger partial charge in [-0.2, -0.15) is 4.98 Å². The molecule has 7 nitrogen and oxygen atoms in total. The molecule has 1 aliphatic rings. The van der Waals surface area contributed by atoms with Crippen molar-refractivity contribution in [3.8, 4) is 28.3 Å². The number of benzene rings is 1. The number of alkyl halides is 2. The number of nitrogen functional groups attached to an aromatic ring is 1. The van der Waals surface area contributed by atoms with E-state index in [9.17, 15) is 13.2 Å². The number of nitrogens with two attached hydrogens (primary N) is 1. The highest BCUT2D eigenvalue weighted by atomic mass is 19.3. The number of anilines is 1. The summed E-state index contributed by atoms with van der Waals surface area (Å²) in [6.07, 6.45) is -2.75. The van der Waals surface area contributed by atoms with Gasteiger partial charge in [-0.3, -0.25) is 9.88 Å². The lowest BCUT2D eigenvalue weighted by molar-refractivity contribution is 0.146. The maximum absolute atomic E-state index is 13.5. The number of aryl methyl sites for hydroxylation is 1. The van der Waals surface area contributed by atoms with Crippen molar-refractivity contribution in [3.63, 3.8) is 0 Å². The summed E-state index contributed by atoms with van der Waals surface area (Å²) >= 11 is 0. The van der Waals surface area contributed by atoms with Gasteiger partial charge in [-0.1, -0.05) is 0 Å². The summed E-state index contributed by atoms with van der Waals surface area (Å²) in [5.41, 5.74) is 7.77. The Morgan fingerprint density at radius 1 is 1.06 bits per heavy atom. The molecule has 0 atom stereocenters. The quantitative estimate of drug-likeness (QED) is 0.561. The zero-order valence-corrected chi connectivity index (χ0v) is 18.2. The van der Waals surface area contributed by atoms with E-state index in [4.69, 9.17) is 10.5 Å². The Morgan fingerprint density at radius 2 is 1.79 bits per heavy atom. The van der Waals surface area contributed by atoms with Crippen molar-refractivity contribution >= 4 is 5.95 Å². The van der Waals surface area contributed by atoms with Crippen molar-refractivity contribution in [3.05, 3.63) is 53.6 Å². The highest BCUT2D eigenvalue weighted by molar-refractivity contribution is 5.85. The van der Waals surface area contributed by atoms with E-state index in [2.05, 4.69) is 25.2 Å². The molecule has 1 aromatic carbocycles. The average Bonchev–Trinajstić information content (AvgIpc) is 2.79. The van der Waals surface area contributed by atoms with Crippen LogP contribution in [0.2, 0.25) is 0 Å². The van der Waals surface area contributed by atoms with Crippen LogP contribution in [0.5, 0.6) is 5.88 Å². The van der Waals surface area contributed by atoms with Gasteiger partial charge in [-0.05, 0) is 48.9 Å². The average molecular weight is 458 g/mol. The van der Waals surface area contributed by atoms with Crippen molar-refractivity contribution in [2.45, 2.75) is 13.3 Å². The first-order valence-electron chi connectivity index (χ1n) is 10.7. The highest BCUT2D eigenvalue weighted by Crippen LogP contribution is 2.39. The van der Waals surface area contributed by atoms with Crippen LogP contribution < -0.4 is 15.8 Å². The Labute approximate surface area is 189 Å². The number of piperazine rings is 1. The first-order valence-corrected chi connectivity index (χ1v) is 10.7. The molecule has 1 saturated heterocycles. The number of aromatic nitrogens is 3. The van der Waals surface area contributed by atoms with Gasteiger partial charge in [0, 0.05) is 44.0 Å². The maximum atomic E-state index is 13.5. The number of hydrogen-bond donors (Lipinski definition) is 2. The fraction of sp³-hybridized carbons (Fsp3) is 0.348. The van der Waals surface area contributed by atoms with Crippen LogP contribution in [-0.4, -0.2) is 59.2 Å². The number of nitrogens with one attached hydrogen (secondary N) is 1. The van der Waals surface area contributed by atoms with Gasteiger partial charge in [0.1, 0.15) is 18.1 Å². The molecule has 4 rings (SSSR count). The van der Waals surface area contributed by atoms with E-state index in [0.717, 1.165) is 26.2 Å². The zero-order chi connectivity index (χ0) is 23.4. The number of hydrogen-bond acceptors (Lipinski definition) is 7. The van der Waals surface area contributed by atoms with E-state index < -0.39 is 12.2 Å². The number of ether oxygens (including phenoxy) is 1. The first-order chi connectivity index (χ1) is 15.9. The second-order valence-corrected chi connectivity index (χ2v) is 7.78. The summed E-state index contributed by atoms with van der Waals surface area (Å²) in [5, 5.41) is 3.30. The molecule has 1 fully saturated rings. The largest absolute Gasteiger partial charge is 0.476 e. The standard InChI is InChI=1S/C23H25F3N6O/c1-14-12-16(13-18(29-14)21(25)26)19-20(15-2-4-17(24)5-3-15)30-23(27)31-22(19)33-11-10-32-8-6-28-7-9-32/h2-5,12-13,21,28H,6-11H2,1H3,(H2,27,30,31). The van der Waals surface area contributed by atoms with Crippen molar-refractivity contribution in [2.75, 3.05) is 45.1 Å². The van der Waals surface area contributed by atoms with Gasteiger partial charge >= 0.3 is 0 Å². The van der Waals surface area contributed by atoms with Crippen LogP contribution in [0.3, 0.4) is 0 Å². The molecule has 10 heteroatoms. The lowest BCUT2D eigenvalue weighted by Crippen LogP contribution is -2.44. The number of nitrogens with zero attached hydrogens (tertiary/aromatic N) is 4. The van der Waals surface area contributed by atoms with E-state index >= 15 is 0 Å². The molecule has 1 aliphatic heterocycles. The molecule has 2 aromatic heterocycles. The monoisotopic (exact) mass is 458 g/mol. The maximum Gasteiger partial charge on any atom is 0.280 e. The topological polar surface area (TPSA) is 89.2 Å². The predicted octanol–water partition coefficient (Wildman–Crippen LogP) is 3.46. The van der Waals surface area contributed by atoms with Gasteiger partial charge in [0.25, 0.3) is 6.43 Å². The SMILES string of the molecule is Cc1cc(-c2c(OCCN3CCNCC3)nc(N)nc2-c2ccc(F)cc2)cc(C(F)F)n1. The normalized spacial score (nSPS) is 14.6. The number of pyridine rings is 1. The Bertz CT molecular complexity index is 1100. The van der Waals surface area contributed by atoms with E-state index in [1.165, 1.54) is 18.2 Å². The van der Waals surface area contributed by atoms with Gasteiger partial charge in [0.15, 0.2) is 0 Å². The first kappa shape index (κ1) is 22.9. The molecule has 0 amide bonds. The lowest BCUT2D eigenvalue weighted by Gasteiger charge is -2.27. The summed E-state index contributed by atoms with van der Waals surface area (Å²) < 4.78 is 46.5. The Hall–Kier alpha value is -3.24. The Kier molecular flexibility index (Phi) is 7.05. The van der Waals surface area contributed by atoms with Crippen molar-refractivity contribution in [1.29, 1.82) is 0 Å². The fourth-order valence-corrected chi connectivity index (χ4v) is 3.79. The molecule has 0 aliphatic carbocycles. The molecule has 0 saturated carbocycles. The minimum Gasteiger partial charge on any atom is -0.476 e. The third-order valence-electron chi connectivity index (χ3n) is 5.35. The van der Waals surface area contributed by atoms with E-state index in [-0.39, 0.29) is 17.5 Å². The highest BCUT2D eigenvalue weighted by Gasteiger charge is 2.22. The number of halogens is 3. The Morgan fingerprint density at radius 3 is 2.48 bits per heavy atom. The minimum atomic E-state index is -2.75. The van der Waals surface area contributed by atoms with Crippen molar-refractivity contribution in [2.24, 2.45) is 0 Å². The summed E-state index contributed by atoms with van der Waals surface area (Å²) in [7, 11) is 0. The summed E-state index contributed by atoms with van der Waals surface area (Å²) in [6.45, 7) is 6.28. The van der Waals surface area contributed by atoms with E-state index in [1.54, 1.807) is 25.1 Å². The van der Waals surface area contributed by atoms with Crippen LogP contribution in [-0.2, 0) is 0 Å². The molecular formula is C23H25F3N6O. The van der Waals surface area contributed by atoms with Crippen LogP contribution in [0.4, 0.5) is 19.1 Å². The van der Waals surface area contributed by atoms with Crippen LogP contribution in [0.15, 0.2) is 36.4 Å². The van der Waals surface area contributed by atoms with Gasteiger partial charge in [-0.25, -0.2) is 18.2 Å². The lowest BCUT2D eigenvalue weighted by atomic mass is 9.99. The molecule has 3 aromatic rings. The molecule has 3 heterocycles. The van der Waals surface area contributed by atoms with Gasteiger partial charge in [0.05, 0.1) is 11.3 Å².